The number of thioether (sulfide) groups is 1. The molecule has 1 aliphatic rings. The molecule has 0 spiro atoms. The Morgan fingerprint density at radius 3 is 2.68 bits per heavy atom. The molecular weight excluding hydrogens is 379 g/mol. The van der Waals surface area contributed by atoms with Crippen molar-refractivity contribution in [2.24, 2.45) is 5.92 Å². The number of rotatable bonds is 10. The summed E-state index contributed by atoms with van der Waals surface area (Å²) in [5.41, 5.74) is 0.954. The van der Waals surface area contributed by atoms with Gasteiger partial charge in [-0.15, -0.1) is 11.8 Å². The van der Waals surface area contributed by atoms with Crippen LogP contribution in [0.2, 0.25) is 0 Å². The minimum Gasteiger partial charge on any atom is -0.466 e. The molecule has 0 bridgehead atoms. The number of amides is 1. The molecule has 1 saturated heterocycles. The summed E-state index contributed by atoms with van der Waals surface area (Å²) in [5.74, 6) is 0.924. The quantitative estimate of drug-likeness (QED) is 0.551. The fourth-order valence-electron chi connectivity index (χ4n) is 3.34. The Kier molecular flexibility index (Phi) is 9.25. The molecule has 7 heteroatoms. The Hall–Kier alpha value is -1.60. The number of benzene rings is 1. The van der Waals surface area contributed by atoms with Crippen molar-refractivity contribution >= 4 is 23.6 Å². The van der Waals surface area contributed by atoms with Crippen LogP contribution >= 0.6 is 11.8 Å². The van der Waals surface area contributed by atoms with Gasteiger partial charge >= 0.3 is 5.97 Å². The average Bonchev–Trinajstić information content (AvgIpc) is 3.12. The number of carbonyl (C=O) groups is 2. The first kappa shape index (κ1) is 22.7. The standard InChI is InChI=1S/C21H31FN2O3S/c1-4-27-20(26)6-5-11-23(14-16(2)3)15-19(25)24-12-13-28-21(24)17-7-9-18(22)10-8-17/h7-10,16,21H,4-6,11-15H2,1-3H3. The third kappa shape index (κ3) is 7.09. The number of halogens is 1. The molecule has 1 aliphatic heterocycles. The van der Waals surface area contributed by atoms with Gasteiger partial charge in [0.25, 0.3) is 0 Å². The molecule has 5 nitrogen and oxygen atoms in total. The van der Waals surface area contributed by atoms with E-state index >= 15 is 0 Å². The third-order valence-electron chi connectivity index (χ3n) is 4.51. The van der Waals surface area contributed by atoms with Crippen LogP contribution < -0.4 is 0 Å². The first-order valence-corrected chi connectivity index (χ1v) is 11.0. The van der Waals surface area contributed by atoms with Gasteiger partial charge in [0.1, 0.15) is 11.2 Å². The van der Waals surface area contributed by atoms with E-state index in [1.165, 1.54) is 12.1 Å². The number of esters is 1. The SMILES string of the molecule is CCOC(=O)CCCN(CC(=O)N1CCSC1c1ccc(F)cc1)CC(C)C. The van der Waals surface area contributed by atoms with Gasteiger partial charge < -0.3 is 9.64 Å². The second-order valence-electron chi connectivity index (χ2n) is 7.40. The molecule has 0 radical (unpaired) electrons. The summed E-state index contributed by atoms with van der Waals surface area (Å²) in [6.07, 6.45) is 1.05. The molecule has 156 valence electrons. The number of ether oxygens (including phenoxy) is 1. The zero-order valence-electron chi connectivity index (χ0n) is 17.0. The van der Waals surface area contributed by atoms with Crippen LogP contribution in [0.5, 0.6) is 0 Å². The topological polar surface area (TPSA) is 49.9 Å². The highest BCUT2D eigenvalue weighted by Gasteiger charge is 2.31. The van der Waals surface area contributed by atoms with Crippen molar-refractivity contribution in [3.05, 3.63) is 35.6 Å². The summed E-state index contributed by atoms with van der Waals surface area (Å²) in [6.45, 7) is 8.95. The van der Waals surface area contributed by atoms with Gasteiger partial charge in [-0.3, -0.25) is 14.5 Å². The van der Waals surface area contributed by atoms with Crippen LogP contribution in [0.3, 0.4) is 0 Å². The Labute approximate surface area is 171 Å². The van der Waals surface area contributed by atoms with Crippen LogP contribution in [0, 0.1) is 11.7 Å². The van der Waals surface area contributed by atoms with Crippen molar-refractivity contribution in [3.8, 4) is 0 Å². The van der Waals surface area contributed by atoms with Crippen LogP contribution in [0.1, 0.15) is 44.6 Å². The van der Waals surface area contributed by atoms with Gasteiger partial charge in [0.15, 0.2) is 0 Å². The monoisotopic (exact) mass is 410 g/mol. The van der Waals surface area contributed by atoms with Crippen LogP contribution in [0.4, 0.5) is 4.39 Å². The van der Waals surface area contributed by atoms with Crippen LogP contribution in [-0.2, 0) is 14.3 Å². The first-order valence-electron chi connectivity index (χ1n) is 9.95. The zero-order valence-corrected chi connectivity index (χ0v) is 17.8. The lowest BCUT2D eigenvalue weighted by molar-refractivity contribution is -0.143. The molecule has 1 aromatic carbocycles. The lowest BCUT2D eigenvalue weighted by atomic mass is 10.1. The maximum Gasteiger partial charge on any atom is 0.305 e. The molecule has 1 unspecified atom stereocenters. The lowest BCUT2D eigenvalue weighted by Gasteiger charge is -2.29. The fourth-order valence-corrected chi connectivity index (χ4v) is 4.62. The van der Waals surface area contributed by atoms with Gasteiger partial charge in [-0.05, 0) is 43.5 Å². The van der Waals surface area contributed by atoms with Crippen molar-refractivity contribution in [1.29, 1.82) is 0 Å². The molecule has 1 aromatic rings. The molecule has 28 heavy (non-hydrogen) atoms. The van der Waals surface area contributed by atoms with E-state index in [2.05, 4.69) is 18.7 Å². The van der Waals surface area contributed by atoms with Gasteiger partial charge in [-0.2, -0.15) is 0 Å². The second kappa shape index (κ2) is 11.4. The van der Waals surface area contributed by atoms with E-state index in [0.717, 1.165) is 17.9 Å². The smallest absolute Gasteiger partial charge is 0.305 e. The fraction of sp³-hybridized carbons (Fsp3) is 0.619. The van der Waals surface area contributed by atoms with Crippen molar-refractivity contribution in [2.75, 3.05) is 38.5 Å². The number of nitrogens with zero attached hydrogens (tertiary/aromatic N) is 2. The Balaban J connectivity index is 1.95. The molecule has 1 fully saturated rings. The summed E-state index contributed by atoms with van der Waals surface area (Å²) in [7, 11) is 0. The predicted octanol–water partition coefficient (Wildman–Crippen LogP) is 3.70. The van der Waals surface area contributed by atoms with Crippen molar-refractivity contribution in [2.45, 2.75) is 39.0 Å². The van der Waals surface area contributed by atoms with Gasteiger partial charge in [0, 0.05) is 25.3 Å². The zero-order chi connectivity index (χ0) is 20.5. The summed E-state index contributed by atoms with van der Waals surface area (Å²) in [4.78, 5) is 28.6. The molecule has 0 saturated carbocycles. The predicted molar refractivity (Wildman–Crippen MR) is 110 cm³/mol. The third-order valence-corrected chi connectivity index (χ3v) is 5.77. The largest absolute Gasteiger partial charge is 0.466 e. The first-order chi connectivity index (χ1) is 13.4. The molecule has 1 amide bonds. The average molecular weight is 411 g/mol. The van der Waals surface area contributed by atoms with Crippen LogP contribution in [0.25, 0.3) is 0 Å². The summed E-state index contributed by atoms with van der Waals surface area (Å²) < 4.78 is 18.2. The Bertz CT molecular complexity index is 639. The molecule has 0 aromatic heterocycles. The van der Waals surface area contributed by atoms with Gasteiger partial charge in [0.2, 0.25) is 5.91 Å². The maximum atomic E-state index is 13.2. The Morgan fingerprint density at radius 2 is 2.04 bits per heavy atom. The maximum absolute atomic E-state index is 13.2. The highest BCUT2D eigenvalue weighted by atomic mass is 32.2. The van der Waals surface area contributed by atoms with Crippen molar-refractivity contribution < 1.29 is 18.7 Å². The van der Waals surface area contributed by atoms with E-state index in [0.29, 0.717) is 45.0 Å². The van der Waals surface area contributed by atoms with E-state index in [1.807, 2.05) is 4.90 Å². The minimum atomic E-state index is -0.269. The molecule has 0 aliphatic carbocycles. The normalized spacial score (nSPS) is 16.8. The van der Waals surface area contributed by atoms with E-state index < -0.39 is 0 Å². The van der Waals surface area contributed by atoms with Crippen molar-refractivity contribution in [3.63, 3.8) is 0 Å². The van der Waals surface area contributed by atoms with Crippen molar-refractivity contribution in [1.82, 2.24) is 9.80 Å². The molecule has 2 rings (SSSR count). The summed E-state index contributed by atoms with van der Waals surface area (Å²) >= 11 is 1.71. The van der Waals surface area contributed by atoms with E-state index in [4.69, 9.17) is 4.74 Å². The lowest BCUT2D eigenvalue weighted by Crippen LogP contribution is -2.41. The van der Waals surface area contributed by atoms with Gasteiger partial charge in [0.05, 0.1) is 13.2 Å². The van der Waals surface area contributed by atoms with Crippen LogP contribution in [-0.4, -0.2) is 60.2 Å². The van der Waals surface area contributed by atoms with Crippen LogP contribution in [0.15, 0.2) is 24.3 Å². The van der Waals surface area contributed by atoms with Gasteiger partial charge in [-0.1, -0.05) is 26.0 Å². The summed E-state index contributed by atoms with van der Waals surface area (Å²) in [5, 5.41) is -0.0615. The van der Waals surface area contributed by atoms with E-state index in [9.17, 15) is 14.0 Å². The number of carbonyl (C=O) groups excluding carboxylic acids is 2. The minimum absolute atomic E-state index is 0.0615. The second-order valence-corrected chi connectivity index (χ2v) is 8.59. The van der Waals surface area contributed by atoms with E-state index in [1.54, 1.807) is 30.8 Å². The number of hydrogen-bond donors (Lipinski definition) is 0. The van der Waals surface area contributed by atoms with Gasteiger partial charge in [-0.25, -0.2) is 4.39 Å². The molecule has 1 atom stereocenters. The molecular formula is C21H31FN2O3S. The molecule has 1 heterocycles. The van der Waals surface area contributed by atoms with E-state index in [-0.39, 0.29) is 23.1 Å². The Morgan fingerprint density at radius 1 is 1.32 bits per heavy atom. The summed E-state index contributed by atoms with van der Waals surface area (Å²) in [6, 6.07) is 6.39. The highest BCUT2D eigenvalue weighted by molar-refractivity contribution is 7.99. The molecule has 0 N–H and O–H groups in total. The highest BCUT2D eigenvalue weighted by Crippen LogP contribution is 2.37. The number of hydrogen-bond acceptors (Lipinski definition) is 5.